The average molecular weight is 180 g/mol. The molecule has 0 aromatic rings. The van der Waals surface area contributed by atoms with E-state index in [9.17, 15) is 5.11 Å². The lowest BCUT2D eigenvalue weighted by atomic mass is 9.70. The third-order valence-corrected chi connectivity index (χ3v) is 4.93. The molecule has 0 spiro atoms. The van der Waals surface area contributed by atoms with Crippen LogP contribution in [0.3, 0.4) is 0 Å². The van der Waals surface area contributed by atoms with Gasteiger partial charge in [-0.3, -0.25) is 0 Å². The molecule has 0 radical (unpaired) electrons. The Balaban J connectivity index is 1.90. The highest BCUT2D eigenvalue weighted by Crippen LogP contribution is 2.52. The van der Waals surface area contributed by atoms with Crippen molar-refractivity contribution in [2.24, 2.45) is 23.7 Å². The first-order valence-electron chi connectivity index (χ1n) is 6.04. The summed E-state index contributed by atoms with van der Waals surface area (Å²) in [5.41, 5.74) is 0. The highest BCUT2D eigenvalue weighted by Gasteiger charge is 2.47. The van der Waals surface area contributed by atoms with Gasteiger partial charge in [0, 0.05) is 0 Å². The van der Waals surface area contributed by atoms with Gasteiger partial charge in [-0.1, -0.05) is 12.8 Å². The van der Waals surface area contributed by atoms with E-state index in [-0.39, 0.29) is 6.10 Å². The maximum Gasteiger partial charge on any atom is 0.0601 e. The van der Waals surface area contributed by atoms with Gasteiger partial charge in [-0.2, -0.15) is 0 Å². The second-order valence-corrected chi connectivity index (χ2v) is 5.44. The van der Waals surface area contributed by atoms with Crippen LogP contribution in [0.2, 0.25) is 0 Å². The van der Waals surface area contributed by atoms with Gasteiger partial charge in [0.05, 0.1) is 6.10 Å². The fraction of sp³-hybridized carbons (Fsp3) is 1.00. The number of aliphatic hydroxyl groups excluding tert-OH is 1. The average Bonchev–Trinajstić information content (AvgIpc) is 2.51. The Kier molecular flexibility index (Phi) is 1.90. The maximum atomic E-state index is 10.2. The molecular formula is C12H20O. The molecule has 0 heterocycles. The quantitative estimate of drug-likeness (QED) is 0.607. The zero-order valence-electron chi connectivity index (χ0n) is 8.28. The molecule has 13 heavy (non-hydrogen) atoms. The van der Waals surface area contributed by atoms with Crippen molar-refractivity contribution in [3.05, 3.63) is 0 Å². The molecule has 3 rings (SSSR count). The van der Waals surface area contributed by atoms with Crippen LogP contribution in [0, 0.1) is 23.7 Å². The molecule has 1 N–H and O–H groups in total. The molecule has 74 valence electrons. The van der Waals surface area contributed by atoms with Crippen LogP contribution in [0.1, 0.15) is 44.9 Å². The number of rotatable bonds is 0. The standard InChI is InChI=1S/C12H20O/c13-12-10-3-1-2-4-11(12)9-6-5-8(10)7-9/h8-13H,1-7H2/t8-,9+,10+,11-,12?. The lowest BCUT2D eigenvalue weighted by Crippen LogP contribution is -2.38. The molecule has 1 unspecified atom stereocenters. The molecule has 0 aromatic heterocycles. The van der Waals surface area contributed by atoms with Crippen LogP contribution >= 0.6 is 0 Å². The smallest absolute Gasteiger partial charge is 0.0601 e. The fourth-order valence-corrected chi connectivity index (χ4v) is 4.28. The summed E-state index contributed by atoms with van der Waals surface area (Å²) in [6.07, 6.45) is 9.75. The van der Waals surface area contributed by atoms with E-state index in [2.05, 4.69) is 0 Å². The minimum Gasteiger partial charge on any atom is -0.393 e. The fourth-order valence-electron chi connectivity index (χ4n) is 4.28. The van der Waals surface area contributed by atoms with E-state index in [1.165, 1.54) is 44.9 Å². The number of fused-ring (bicyclic) bond motifs is 6. The second kappa shape index (κ2) is 2.98. The van der Waals surface area contributed by atoms with E-state index in [1.54, 1.807) is 0 Å². The third-order valence-electron chi connectivity index (χ3n) is 4.93. The van der Waals surface area contributed by atoms with Gasteiger partial charge >= 0.3 is 0 Å². The monoisotopic (exact) mass is 180 g/mol. The number of aliphatic hydroxyl groups is 1. The lowest BCUT2D eigenvalue weighted by molar-refractivity contribution is -0.0181. The Hall–Kier alpha value is -0.0400. The van der Waals surface area contributed by atoms with Crippen molar-refractivity contribution in [3.63, 3.8) is 0 Å². The molecule has 4 bridgehead atoms. The Morgan fingerprint density at radius 1 is 0.769 bits per heavy atom. The van der Waals surface area contributed by atoms with Crippen LogP contribution < -0.4 is 0 Å². The first-order valence-corrected chi connectivity index (χ1v) is 6.04. The summed E-state index contributed by atoms with van der Waals surface area (Å²) < 4.78 is 0. The first kappa shape index (κ1) is 8.28. The second-order valence-electron chi connectivity index (χ2n) is 5.44. The largest absolute Gasteiger partial charge is 0.393 e. The number of hydrogen-bond acceptors (Lipinski definition) is 1. The zero-order chi connectivity index (χ0) is 8.84. The van der Waals surface area contributed by atoms with Crippen LogP contribution in [0.5, 0.6) is 0 Å². The predicted octanol–water partition coefficient (Wildman–Crippen LogP) is 2.58. The SMILES string of the molecule is OC1[C@H]2CCCC[C@@H]1[C@H]1CC[C@@H]2C1. The molecule has 3 aliphatic carbocycles. The normalized spacial score (nSPS) is 54.7. The molecule has 0 aromatic carbocycles. The summed E-state index contributed by atoms with van der Waals surface area (Å²) in [6, 6.07) is 0. The van der Waals surface area contributed by atoms with E-state index in [1.807, 2.05) is 0 Å². The molecular weight excluding hydrogens is 160 g/mol. The van der Waals surface area contributed by atoms with Gasteiger partial charge in [0.25, 0.3) is 0 Å². The molecule has 0 amide bonds. The van der Waals surface area contributed by atoms with Crippen molar-refractivity contribution in [1.82, 2.24) is 0 Å². The number of hydrogen-bond donors (Lipinski definition) is 1. The highest BCUT2D eigenvalue weighted by molar-refractivity contribution is 4.97. The molecule has 1 nitrogen and oxygen atoms in total. The zero-order valence-corrected chi connectivity index (χ0v) is 8.28. The minimum atomic E-state index is 0.0775. The van der Waals surface area contributed by atoms with Gasteiger partial charge in [0.2, 0.25) is 0 Å². The van der Waals surface area contributed by atoms with E-state index >= 15 is 0 Å². The highest BCUT2D eigenvalue weighted by atomic mass is 16.3. The summed E-state index contributed by atoms with van der Waals surface area (Å²) in [5, 5.41) is 10.2. The third kappa shape index (κ3) is 1.16. The minimum absolute atomic E-state index is 0.0775. The van der Waals surface area contributed by atoms with Gasteiger partial charge in [-0.15, -0.1) is 0 Å². The van der Waals surface area contributed by atoms with Gasteiger partial charge in [-0.25, -0.2) is 0 Å². The van der Waals surface area contributed by atoms with Crippen LogP contribution in [0.4, 0.5) is 0 Å². The Bertz CT molecular complexity index is 181. The first-order chi connectivity index (χ1) is 6.36. The summed E-state index contributed by atoms with van der Waals surface area (Å²) in [6.45, 7) is 0. The van der Waals surface area contributed by atoms with Gasteiger partial charge in [0.15, 0.2) is 0 Å². The van der Waals surface area contributed by atoms with E-state index in [4.69, 9.17) is 0 Å². The van der Waals surface area contributed by atoms with Crippen LogP contribution in [0.25, 0.3) is 0 Å². The van der Waals surface area contributed by atoms with Crippen molar-refractivity contribution >= 4 is 0 Å². The van der Waals surface area contributed by atoms with Crippen LogP contribution in [-0.4, -0.2) is 11.2 Å². The Morgan fingerprint density at radius 3 is 1.85 bits per heavy atom. The van der Waals surface area contributed by atoms with E-state index in [0.717, 1.165) is 11.8 Å². The van der Waals surface area contributed by atoms with Crippen molar-refractivity contribution < 1.29 is 5.11 Å². The van der Waals surface area contributed by atoms with Gasteiger partial charge < -0.3 is 5.11 Å². The molecule has 0 saturated heterocycles. The molecule has 5 atom stereocenters. The molecule has 3 fully saturated rings. The topological polar surface area (TPSA) is 20.2 Å². The summed E-state index contributed by atoms with van der Waals surface area (Å²) in [7, 11) is 0. The van der Waals surface area contributed by atoms with Crippen LogP contribution in [-0.2, 0) is 0 Å². The van der Waals surface area contributed by atoms with E-state index in [0.29, 0.717) is 11.8 Å². The molecule has 0 aliphatic heterocycles. The lowest BCUT2D eigenvalue weighted by Gasteiger charge is -2.38. The Morgan fingerprint density at radius 2 is 1.31 bits per heavy atom. The van der Waals surface area contributed by atoms with Crippen LogP contribution in [0.15, 0.2) is 0 Å². The van der Waals surface area contributed by atoms with Gasteiger partial charge in [0.1, 0.15) is 0 Å². The summed E-state index contributed by atoms with van der Waals surface area (Å²) in [5.74, 6) is 3.17. The van der Waals surface area contributed by atoms with E-state index < -0.39 is 0 Å². The molecule has 3 aliphatic rings. The maximum absolute atomic E-state index is 10.2. The Labute approximate surface area is 80.5 Å². The summed E-state index contributed by atoms with van der Waals surface area (Å²) >= 11 is 0. The summed E-state index contributed by atoms with van der Waals surface area (Å²) in [4.78, 5) is 0. The van der Waals surface area contributed by atoms with Crippen molar-refractivity contribution in [3.8, 4) is 0 Å². The predicted molar refractivity (Wildman–Crippen MR) is 52.3 cm³/mol. The molecule has 3 saturated carbocycles. The van der Waals surface area contributed by atoms with Gasteiger partial charge in [-0.05, 0) is 55.8 Å². The molecule has 1 heteroatoms. The van der Waals surface area contributed by atoms with Crippen molar-refractivity contribution in [1.29, 1.82) is 0 Å². The van der Waals surface area contributed by atoms with Crippen molar-refractivity contribution in [2.75, 3.05) is 0 Å². The van der Waals surface area contributed by atoms with Crippen molar-refractivity contribution in [2.45, 2.75) is 51.0 Å².